The van der Waals surface area contributed by atoms with E-state index in [2.05, 4.69) is 21.0 Å². The van der Waals surface area contributed by atoms with Gasteiger partial charge in [-0.3, -0.25) is 9.48 Å². The van der Waals surface area contributed by atoms with E-state index in [0.29, 0.717) is 29.4 Å². The zero-order chi connectivity index (χ0) is 14.7. The van der Waals surface area contributed by atoms with Gasteiger partial charge in [0.05, 0.1) is 24.4 Å². The number of carbonyl (C=O) groups excluding carboxylic acids is 1. The smallest absolute Gasteiger partial charge is 0.212 e. The van der Waals surface area contributed by atoms with Crippen molar-refractivity contribution >= 4 is 33.3 Å². The molecule has 2 rings (SSSR count). The maximum atomic E-state index is 12.6. The van der Waals surface area contributed by atoms with E-state index in [1.165, 1.54) is 6.20 Å². The molecule has 106 valence electrons. The first-order valence-electron chi connectivity index (χ1n) is 6.05. The van der Waals surface area contributed by atoms with Gasteiger partial charge in [0.2, 0.25) is 5.78 Å². The first-order chi connectivity index (χ1) is 9.52. The van der Waals surface area contributed by atoms with Crippen LogP contribution in [-0.2, 0) is 11.3 Å². The molecule has 1 aromatic carbocycles. The number of nitrogens with zero attached hydrogens (tertiary/aromatic N) is 2. The van der Waals surface area contributed by atoms with Gasteiger partial charge in [0.1, 0.15) is 5.69 Å². The summed E-state index contributed by atoms with van der Waals surface area (Å²) in [5.74, 6) is -0.145. The second kappa shape index (κ2) is 6.52. The molecule has 0 aliphatic heterocycles. The molecule has 4 nitrogen and oxygen atoms in total. The van der Waals surface area contributed by atoms with Crippen molar-refractivity contribution in [2.24, 2.45) is 0 Å². The first kappa shape index (κ1) is 15.2. The number of hydrogen-bond acceptors (Lipinski definition) is 3. The molecule has 0 aliphatic rings. The van der Waals surface area contributed by atoms with Crippen LogP contribution in [0.3, 0.4) is 0 Å². The minimum absolute atomic E-state index is 0.145. The van der Waals surface area contributed by atoms with Crippen molar-refractivity contribution in [3.63, 3.8) is 0 Å². The van der Waals surface area contributed by atoms with Gasteiger partial charge >= 0.3 is 0 Å². The third-order valence-electron chi connectivity index (χ3n) is 2.82. The van der Waals surface area contributed by atoms with E-state index in [4.69, 9.17) is 16.3 Å². The highest BCUT2D eigenvalue weighted by atomic mass is 79.9. The van der Waals surface area contributed by atoms with E-state index in [0.717, 1.165) is 10.0 Å². The molecule has 1 aromatic heterocycles. The van der Waals surface area contributed by atoms with E-state index in [-0.39, 0.29) is 5.78 Å². The van der Waals surface area contributed by atoms with Gasteiger partial charge in [-0.2, -0.15) is 5.10 Å². The third-order valence-corrected chi connectivity index (χ3v) is 3.56. The quantitative estimate of drug-likeness (QED) is 0.770. The first-order valence-corrected chi connectivity index (χ1v) is 7.22. The fourth-order valence-corrected chi connectivity index (χ4v) is 2.77. The van der Waals surface area contributed by atoms with Crippen molar-refractivity contribution < 1.29 is 9.53 Å². The molecule has 0 aliphatic carbocycles. The lowest BCUT2D eigenvalue weighted by molar-refractivity contribution is 0.102. The van der Waals surface area contributed by atoms with Crippen LogP contribution < -0.4 is 0 Å². The summed E-state index contributed by atoms with van der Waals surface area (Å²) in [4.78, 5) is 12.6. The molecule has 0 saturated carbocycles. The summed E-state index contributed by atoms with van der Waals surface area (Å²) in [5.41, 5.74) is 1.97. The van der Waals surface area contributed by atoms with E-state index in [1.54, 1.807) is 17.9 Å². The largest absolute Gasteiger partial charge is 0.383 e. The van der Waals surface area contributed by atoms with Gasteiger partial charge < -0.3 is 4.74 Å². The molecule has 0 spiro atoms. The molecule has 0 atom stereocenters. The topological polar surface area (TPSA) is 44.1 Å². The Morgan fingerprint density at radius 3 is 2.85 bits per heavy atom. The van der Waals surface area contributed by atoms with Crippen LogP contribution in [0.1, 0.15) is 21.6 Å². The van der Waals surface area contributed by atoms with Crippen LogP contribution in [0.5, 0.6) is 0 Å². The Bertz CT molecular complexity index is 620. The van der Waals surface area contributed by atoms with Crippen LogP contribution in [0.4, 0.5) is 0 Å². The number of aromatic nitrogens is 2. The maximum Gasteiger partial charge on any atom is 0.212 e. The number of rotatable bonds is 5. The maximum absolute atomic E-state index is 12.6. The molecular weight excluding hydrogens is 344 g/mol. The minimum Gasteiger partial charge on any atom is -0.383 e. The Labute approximate surface area is 130 Å². The third kappa shape index (κ3) is 3.29. The Hall–Kier alpha value is -1.17. The second-order valence-electron chi connectivity index (χ2n) is 4.40. The molecule has 20 heavy (non-hydrogen) atoms. The highest BCUT2D eigenvalue weighted by Gasteiger charge is 2.19. The number of halogens is 2. The summed E-state index contributed by atoms with van der Waals surface area (Å²) in [5, 5.41) is 4.47. The lowest BCUT2D eigenvalue weighted by Gasteiger charge is -2.08. The Balaban J connectivity index is 2.39. The standard InChI is InChI=1S/C14H14BrClN2O2/c1-9-5-10(7-11(15)6-9)14(19)13-12(16)8-17-18(13)3-4-20-2/h5-8H,3-4H2,1-2H3. The average molecular weight is 358 g/mol. The highest BCUT2D eigenvalue weighted by molar-refractivity contribution is 9.10. The second-order valence-corrected chi connectivity index (χ2v) is 5.73. The summed E-state index contributed by atoms with van der Waals surface area (Å²) in [6.07, 6.45) is 1.48. The van der Waals surface area contributed by atoms with Crippen molar-refractivity contribution in [1.29, 1.82) is 0 Å². The summed E-state index contributed by atoms with van der Waals surface area (Å²) in [7, 11) is 1.60. The number of carbonyl (C=O) groups is 1. The molecule has 2 aromatic rings. The monoisotopic (exact) mass is 356 g/mol. The molecule has 6 heteroatoms. The molecular formula is C14H14BrClN2O2. The van der Waals surface area contributed by atoms with Crippen LogP contribution >= 0.6 is 27.5 Å². The SMILES string of the molecule is COCCn1ncc(Cl)c1C(=O)c1cc(C)cc(Br)c1. The van der Waals surface area contributed by atoms with Gasteiger partial charge in [0, 0.05) is 17.1 Å². The highest BCUT2D eigenvalue weighted by Crippen LogP contribution is 2.22. The van der Waals surface area contributed by atoms with Crippen molar-refractivity contribution in [3.05, 3.63) is 50.7 Å². The lowest BCUT2D eigenvalue weighted by atomic mass is 10.1. The lowest BCUT2D eigenvalue weighted by Crippen LogP contribution is -2.15. The van der Waals surface area contributed by atoms with Gasteiger partial charge in [-0.05, 0) is 30.7 Å². The molecule has 0 saturated heterocycles. The van der Waals surface area contributed by atoms with Crippen LogP contribution in [0.25, 0.3) is 0 Å². The Kier molecular flexibility index (Phi) is 4.96. The molecule has 0 N–H and O–H groups in total. The molecule has 0 unspecified atom stereocenters. The number of aryl methyl sites for hydroxylation is 1. The van der Waals surface area contributed by atoms with Crippen molar-refractivity contribution in [2.75, 3.05) is 13.7 Å². The summed E-state index contributed by atoms with van der Waals surface area (Å²) >= 11 is 9.49. The van der Waals surface area contributed by atoms with Crippen LogP contribution in [0.15, 0.2) is 28.9 Å². The zero-order valence-corrected chi connectivity index (χ0v) is 13.5. The average Bonchev–Trinajstić information content (AvgIpc) is 2.75. The van der Waals surface area contributed by atoms with E-state index in [1.807, 2.05) is 19.1 Å². The van der Waals surface area contributed by atoms with Gasteiger partial charge in [-0.15, -0.1) is 0 Å². The molecule has 0 bridgehead atoms. The molecule has 0 fully saturated rings. The zero-order valence-electron chi connectivity index (χ0n) is 11.2. The Morgan fingerprint density at radius 1 is 1.45 bits per heavy atom. The van der Waals surface area contributed by atoms with E-state index < -0.39 is 0 Å². The summed E-state index contributed by atoms with van der Waals surface area (Å²) in [6.45, 7) is 2.89. The molecule has 0 amide bonds. The summed E-state index contributed by atoms with van der Waals surface area (Å²) < 4.78 is 7.45. The van der Waals surface area contributed by atoms with Crippen molar-refractivity contribution in [1.82, 2.24) is 9.78 Å². The number of hydrogen-bond donors (Lipinski definition) is 0. The van der Waals surface area contributed by atoms with Crippen LogP contribution in [0, 0.1) is 6.92 Å². The fraction of sp³-hybridized carbons (Fsp3) is 0.286. The summed E-state index contributed by atoms with van der Waals surface area (Å²) in [6, 6.07) is 5.55. The van der Waals surface area contributed by atoms with Crippen molar-refractivity contribution in [2.45, 2.75) is 13.5 Å². The van der Waals surface area contributed by atoms with E-state index >= 15 is 0 Å². The predicted octanol–water partition coefficient (Wildman–Crippen LogP) is 3.48. The number of ether oxygens (including phenoxy) is 1. The van der Waals surface area contributed by atoms with Gasteiger partial charge in [0.15, 0.2) is 0 Å². The number of methoxy groups -OCH3 is 1. The van der Waals surface area contributed by atoms with E-state index in [9.17, 15) is 4.79 Å². The molecule has 1 heterocycles. The number of ketones is 1. The fourth-order valence-electron chi connectivity index (χ4n) is 1.94. The normalized spacial score (nSPS) is 10.8. The molecule has 0 radical (unpaired) electrons. The van der Waals surface area contributed by atoms with Crippen LogP contribution in [-0.4, -0.2) is 29.3 Å². The minimum atomic E-state index is -0.145. The number of benzene rings is 1. The van der Waals surface area contributed by atoms with Gasteiger partial charge in [-0.25, -0.2) is 0 Å². The predicted molar refractivity (Wildman–Crippen MR) is 81.4 cm³/mol. The Morgan fingerprint density at radius 2 is 2.20 bits per heavy atom. The van der Waals surface area contributed by atoms with Crippen molar-refractivity contribution in [3.8, 4) is 0 Å². The van der Waals surface area contributed by atoms with Crippen LogP contribution in [0.2, 0.25) is 5.02 Å². The van der Waals surface area contributed by atoms with Gasteiger partial charge in [0.25, 0.3) is 0 Å². The van der Waals surface area contributed by atoms with Gasteiger partial charge in [-0.1, -0.05) is 27.5 Å².